The molecule has 1 atom stereocenters. The number of hydrogen-bond donors (Lipinski definition) is 0. The van der Waals surface area contributed by atoms with Crippen LogP contribution in [0.5, 0.6) is 5.75 Å². The van der Waals surface area contributed by atoms with E-state index in [9.17, 15) is 9.59 Å². The summed E-state index contributed by atoms with van der Waals surface area (Å²) in [4.78, 5) is 30.5. The quantitative estimate of drug-likeness (QED) is 0.689. The first-order valence-corrected chi connectivity index (χ1v) is 10.7. The summed E-state index contributed by atoms with van der Waals surface area (Å²) in [5.74, 6) is 0.698. The molecular weight excluding hydrogens is 376 g/mol. The van der Waals surface area contributed by atoms with E-state index in [2.05, 4.69) is 11.8 Å². The monoisotopic (exact) mass is 404 g/mol. The number of piperidine rings is 1. The van der Waals surface area contributed by atoms with Crippen molar-refractivity contribution < 1.29 is 14.3 Å². The van der Waals surface area contributed by atoms with Gasteiger partial charge in [0.05, 0.1) is 17.4 Å². The number of ether oxygens (including phenoxy) is 1. The number of nitrogens with zero attached hydrogens (tertiary/aromatic N) is 2. The normalized spacial score (nSPS) is 19.8. The third kappa shape index (κ3) is 3.84. The fourth-order valence-corrected chi connectivity index (χ4v) is 4.25. The van der Waals surface area contributed by atoms with Gasteiger partial charge < -0.3 is 9.64 Å². The molecule has 1 fully saturated rings. The number of hydrogen-bond acceptors (Lipinski definition) is 4. The van der Waals surface area contributed by atoms with Crippen LogP contribution in [-0.2, 0) is 9.59 Å². The lowest BCUT2D eigenvalue weighted by molar-refractivity contribution is -0.120. The van der Waals surface area contributed by atoms with Gasteiger partial charge in [0.1, 0.15) is 11.4 Å². The molecule has 0 N–H and O–H groups in total. The summed E-state index contributed by atoms with van der Waals surface area (Å²) in [6.07, 6.45) is 2.23. The van der Waals surface area contributed by atoms with Crippen LogP contribution in [0.4, 0.5) is 5.69 Å². The summed E-state index contributed by atoms with van der Waals surface area (Å²) in [5, 5.41) is 0. The summed E-state index contributed by atoms with van der Waals surface area (Å²) >= 11 is 0. The Balaban J connectivity index is 1.73. The SMILES string of the molecule is CC1CCCN(C2=C(c3ccccc3)C(=O)N(c3ccc(OC(C)C)cc3)C2=O)C1. The molecule has 0 aliphatic carbocycles. The molecule has 2 heterocycles. The highest BCUT2D eigenvalue weighted by molar-refractivity contribution is 6.45. The zero-order chi connectivity index (χ0) is 21.3. The Hall–Kier alpha value is -3.08. The number of imide groups is 1. The van der Waals surface area contributed by atoms with Gasteiger partial charge in [-0.15, -0.1) is 0 Å². The van der Waals surface area contributed by atoms with Crippen LogP contribution in [0, 0.1) is 5.92 Å². The van der Waals surface area contributed by atoms with Crippen LogP contribution in [0.2, 0.25) is 0 Å². The van der Waals surface area contributed by atoms with E-state index in [4.69, 9.17) is 4.74 Å². The zero-order valence-corrected chi connectivity index (χ0v) is 17.8. The summed E-state index contributed by atoms with van der Waals surface area (Å²) in [7, 11) is 0. The van der Waals surface area contributed by atoms with Crippen LogP contribution in [-0.4, -0.2) is 35.9 Å². The number of likely N-dealkylation sites (tertiary alicyclic amines) is 1. The van der Waals surface area contributed by atoms with E-state index in [1.807, 2.05) is 44.2 Å². The third-order valence-corrected chi connectivity index (χ3v) is 5.56. The van der Waals surface area contributed by atoms with Gasteiger partial charge in [0.25, 0.3) is 11.8 Å². The maximum Gasteiger partial charge on any atom is 0.282 e. The van der Waals surface area contributed by atoms with Crippen molar-refractivity contribution in [2.45, 2.75) is 39.7 Å². The molecule has 0 spiro atoms. The van der Waals surface area contributed by atoms with Gasteiger partial charge in [-0.3, -0.25) is 9.59 Å². The topological polar surface area (TPSA) is 49.9 Å². The van der Waals surface area contributed by atoms with Crippen LogP contribution < -0.4 is 9.64 Å². The molecule has 0 aromatic heterocycles. The van der Waals surface area contributed by atoms with Crippen molar-refractivity contribution in [1.82, 2.24) is 4.90 Å². The molecule has 5 nitrogen and oxygen atoms in total. The molecule has 2 aliphatic rings. The van der Waals surface area contributed by atoms with Gasteiger partial charge in [-0.2, -0.15) is 0 Å². The van der Waals surface area contributed by atoms with Crippen molar-refractivity contribution in [3.8, 4) is 5.75 Å². The second-order valence-electron chi connectivity index (χ2n) is 8.39. The fourth-order valence-electron chi connectivity index (χ4n) is 4.25. The summed E-state index contributed by atoms with van der Waals surface area (Å²) in [6, 6.07) is 16.7. The predicted molar refractivity (Wildman–Crippen MR) is 118 cm³/mol. The van der Waals surface area contributed by atoms with Gasteiger partial charge in [-0.05, 0) is 62.4 Å². The lowest BCUT2D eigenvalue weighted by Crippen LogP contribution is -2.39. The molecule has 1 unspecified atom stereocenters. The molecule has 4 rings (SSSR count). The van der Waals surface area contributed by atoms with Crippen molar-refractivity contribution in [2.24, 2.45) is 5.92 Å². The molecule has 0 radical (unpaired) electrons. The van der Waals surface area contributed by atoms with Gasteiger partial charge in [0.15, 0.2) is 0 Å². The number of rotatable bonds is 5. The molecule has 2 aromatic carbocycles. The lowest BCUT2D eigenvalue weighted by atomic mass is 9.98. The first-order valence-electron chi connectivity index (χ1n) is 10.7. The highest BCUT2D eigenvalue weighted by Crippen LogP contribution is 2.36. The number of amides is 2. The van der Waals surface area contributed by atoms with Crippen LogP contribution >= 0.6 is 0 Å². The maximum atomic E-state index is 13.5. The molecule has 156 valence electrons. The largest absolute Gasteiger partial charge is 0.491 e. The first kappa shape index (κ1) is 20.2. The van der Waals surface area contributed by atoms with Crippen LogP contribution in [0.3, 0.4) is 0 Å². The van der Waals surface area contributed by atoms with Crippen LogP contribution in [0.25, 0.3) is 5.57 Å². The minimum Gasteiger partial charge on any atom is -0.491 e. The standard InChI is InChI=1S/C25H28N2O3/c1-17(2)30-21-13-11-20(12-14-21)27-24(28)22(19-9-5-4-6-10-19)23(25(27)29)26-15-7-8-18(3)16-26/h4-6,9-14,17-18H,7-8,15-16H2,1-3H3. The van der Waals surface area contributed by atoms with Gasteiger partial charge in [0.2, 0.25) is 0 Å². The smallest absolute Gasteiger partial charge is 0.282 e. The summed E-state index contributed by atoms with van der Waals surface area (Å²) in [5.41, 5.74) is 2.37. The van der Waals surface area contributed by atoms with Gasteiger partial charge >= 0.3 is 0 Å². The Kier molecular flexibility index (Phi) is 5.62. The molecule has 30 heavy (non-hydrogen) atoms. The summed E-state index contributed by atoms with van der Waals surface area (Å²) in [6.45, 7) is 7.71. The van der Waals surface area contributed by atoms with Crippen LogP contribution in [0.15, 0.2) is 60.3 Å². The predicted octanol–water partition coefficient (Wildman–Crippen LogP) is 4.49. The van der Waals surface area contributed by atoms with Crippen molar-refractivity contribution in [3.63, 3.8) is 0 Å². The second-order valence-corrected chi connectivity index (χ2v) is 8.39. The molecule has 2 aliphatic heterocycles. The molecule has 2 amide bonds. The summed E-state index contributed by atoms with van der Waals surface area (Å²) < 4.78 is 5.70. The van der Waals surface area contributed by atoms with Crippen LogP contribution in [0.1, 0.15) is 39.2 Å². The van der Waals surface area contributed by atoms with Crippen molar-refractivity contribution in [2.75, 3.05) is 18.0 Å². The second kappa shape index (κ2) is 8.34. The zero-order valence-electron chi connectivity index (χ0n) is 17.8. The molecule has 5 heteroatoms. The van der Waals surface area contributed by atoms with Crippen molar-refractivity contribution >= 4 is 23.1 Å². The Labute approximate surface area is 177 Å². The van der Waals surface area contributed by atoms with Gasteiger partial charge in [0, 0.05) is 13.1 Å². The number of carbonyl (C=O) groups is 2. The van der Waals surface area contributed by atoms with Gasteiger partial charge in [-0.25, -0.2) is 4.90 Å². The Bertz CT molecular complexity index is 964. The number of anilines is 1. The molecule has 2 aromatic rings. The number of benzene rings is 2. The Morgan fingerprint density at radius 1 is 0.967 bits per heavy atom. The average molecular weight is 405 g/mol. The van der Waals surface area contributed by atoms with Gasteiger partial charge in [-0.1, -0.05) is 37.3 Å². The maximum absolute atomic E-state index is 13.5. The minimum atomic E-state index is -0.267. The van der Waals surface area contributed by atoms with Crippen molar-refractivity contribution in [1.29, 1.82) is 0 Å². The fraction of sp³-hybridized carbons (Fsp3) is 0.360. The first-order chi connectivity index (χ1) is 14.5. The van der Waals surface area contributed by atoms with E-state index in [1.54, 1.807) is 24.3 Å². The molecule has 0 saturated carbocycles. The van der Waals surface area contributed by atoms with E-state index < -0.39 is 0 Å². The van der Waals surface area contributed by atoms with E-state index >= 15 is 0 Å². The Morgan fingerprint density at radius 2 is 1.67 bits per heavy atom. The average Bonchev–Trinajstić information content (AvgIpc) is 2.99. The minimum absolute atomic E-state index is 0.0601. The number of carbonyl (C=O) groups excluding carboxylic acids is 2. The van der Waals surface area contributed by atoms with E-state index in [-0.39, 0.29) is 17.9 Å². The third-order valence-electron chi connectivity index (χ3n) is 5.56. The highest BCUT2D eigenvalue weighted by Gasteiger charge is 2.43. The van der Waals surface area contributed by atoms with Crippen molar-refractivity contribution in [3.05, 3.63) is 65.9 Å². The van der Waals surface area contributed by atoms with E-state index in [0.717, 1.165) is 31.5 Å². The molecular formula is C25H28N2O3. The van der Waals surface area contributed by atoms with E-state index in [1.165, 1.54) is 4.90 Å². The lowest BCUT2D eigenvalue weighted by Gasteiger charge is -2.33. The highest BCUT2D eigenvalue weighted by atomic mass is 16.5. The van der Waals surface area contributed by atoms with E-state index in [0.29, 0.717) is 28.6 Å². The molecule has 1 saturated heterocycles. The molecule has 0 bridgehead atoms. The Morgan fingerprint density at radius 3 is 2.30 bits per heavy atom.